The molecule has 0 saturated heterocycles. The second-order valence-electron chi connectivity index (χ2n) is 7.02. The average Bonchev–Trinajstić information content (AvgIpc) is 3.03. The number of aromatic nitrogens is 3. The molecule has 2 aromatic carbocycles. The Hall–Kier alpha value is -3.28. The van der Waals surface area contributed by atoms with Crippen LogP contribution in [0.5, 0.6) is 0 Å². The number of nitrogens with zero attached hydrogens (tertiary/aromatic N) is 3. The number of rotatable bonds is 4. The Balaban J connectivity index is 1.57. The minimum Gasteiger partial charge on any atom is -0.326 e. The molecule has 0 fully saturated rings. The lowest BCUT2D eigenvalue weighted by molar-refractivity contribution is -0.116. The number of hydrogen-bond acceptors (Lipinski definition) is 3. The van der Waals surface area contributed by atoms with E-state index in [1.165, 1.54) is 12.1 Å². The summed E-state index contributed by atoms with van der Waals surface area (Å²) >= 11 is 0. The highest BCUT2D eigenvalue weighted by molar-refractivity contribution is 5.93. The summed E-state index contributed by atoms with van der Waals surface area (Å²) in [5.74, 6) is -0.424. The zero-order valence-corrected chi connectivity index (χ0v) is 16.1. The van der Waals surface area contributed by atoms with Gasteiger partial charge in [-0.3, -0.25) is 4.79 Å². The van der Waals surface area contributed by atoms with E-state index in [1.54, 1.807) is 13.0 Å². The third kappa shape index (κ3) is 3.22. The van der Waals surface area contributed by atoms with E-state index in [0.717, 1.165) is 33.5 Å². The molecule has 4 aromatic rings. The predicted molar refractivity (Wildman–Crippen MR) is 108 cm³/mol. The van der Waals surface area contributed by atoms with E-state index in [9.17, 15) is 9.18 Å². The van der Waals surface area contributed by atoms with Crippen LogP contribution in [-0.2, 0) is 11.2 Å². The molecule has 4 rings (SSSR count). The summed E-state index contributed by atoms with van der Waals surface area (Å²) in [7, 11) is 0. The van der Waals surface area contributed by atoms with Gasteiger partial charge in [-0.15, -0.1) is 0 Å². The van der Waals surface area contributed by atoms with Gasteiger partial charge < -0.3 is 5.32 Å². The Labute approximate surface area is 162 Å². The van der Waals surface area contributed by atoms with Crippen molar-refractivity contribution >= 4 is 28.1 Å². The summed E-state index contributed by atoms with van der Waals surface area (Å²) in [5.41, 5.74) is 5.98. The van der Waals surface area contributed by atoms with E-state index in [1.807, 2.05) is 42.6 Å². The number of carbonyl (C=O) groups is 1. The second kappa shape index (κ2) is 7.03. The Kier molecular flexibility index (Phi) is 4.55. The molecule has 6 heteroatoms. The zero-order chi connectivity index (χ0) is 19.8. The quantitative estimate of drug-likeness (QED) is 0.570. The van der Waals surface area contributed by atoms with Gasteiger partial charge in [0.05, 0.1) is 5.52 Å². The molecule has 0 radical (unpaired) electrons. The minimum absolute atomic E-state index is 0.112. The number of hydrogen-bond donors (Lipinski definition) is 1. The highest BCUT2D eigenvalue weighted by Crippen LogP contribution is 2.23. The highest BCUT2D eigenvalue weighted by atomic mass is 19.1. The van der Waals surface area contributed by atoms with Crippen molar-refractivity contribution < 1.29 is 9.18 Å². The van der Waals surface area contributed by atoms with Gasteiger partial charge in [-0.1, -0.05) is 12.1 Å². The Morgan fingerprint density at radius 3 is 2.71 bits per heavy atom. The van der Waals surface area contributed by atoms with Crippen molar-refractivity contribution in [2.45, 2.75) is 33.6 Å². The number of aryl methyl sites for hydroxylation is 3. The average molecular weight is 376 g/mol. The molecule has 2 heterocycles. The van der Waals surface area contributed by atoms with Crippen LogP contribution < -0.4 is 5.32 Å². The number of nitrogens with one attached hydrogen (secondary N) is 1. The van der Waals surface area contributed by atoms with Crippen LogP contribution in [0.2, 0.25) is 0 Å². The Morgan fingerprint density at radius 2 is 1.93 bits per heavy atom. The van der Waals surface area contributed by atoms with Crippen LogP contribution in [-0.4, -0.2) is 20.5 Å². The fraction of sp³-hybridized carbons (Fsp3) is 0.227. The predicted octanol–water partition coefficient (Wildman–Crippen LogP) is 4.52. The fourth-order valence-corrected chi connectivity index (χ4v) is 3.56. The van der Waals surface area contributed by atoms with Crippen molar-refractivity contribution in [3.05, 3.63) is 70.8 Å². The summed E-state index contributed by atoms with van der Waals surface area (Å²) in [6, 6.07) is 12.3. The lowest BCUT2D eigenvalue weighted by Gasteiger charge is -2.12. The Morgan fingerprint density at radius 1 is 1.14 bits per heavy atom. The van der Waals surface area contributed by atoms with Crippen LogP contribution in [0.25, 0.3) is 16.6 Å². The van der Waals surface area contributed by atoms with Gasteiger partial charge in [0.2, 0.25) is 5.91 Å². The third-order valence-electron chi connectivity index (χ3n) is 5.08. The van der Waals surface area contributed by atoms with Gasteiger partial charge >= 0.3 is 0 Å². The topological polar surface area (TPSA) is 59.3 Å². The molecular formula is C22H21FN4O. The lowest BCUT2D eigenvalue weighted by Crippen LogP contribution is -2.15. The van der Waals surface area contributed by atoms with Gasteiger partial charge in [0.25, 0.3) is 0 Å². The van der Waals surface area contributed by atoms with E-state index in [4.69, 9.17) is 4.98 Å². The third-order valence-corrected chi connectivity index (χ3v) is 5.08. The normalized spacial score (nSPS) is 11.3. The largest absolute Gasteiger partial charge is 0.326 e. The van der Waals surface area contributed by atoms with Crippen molar-refractivity contribution in [3.8, 4) is 0 Å². The van der Waals surface area contributed by atoms with Crippen molar-refractivity contribution in [1.82, 2.24) is 14.6 Å². The molecular weight excluding hydrogens is 355 g/mol. The van der Waals surface area contributed by atoms with Crippen molar-refractivity contribution in [2.75, 3.05) is 5.32 Å². The lowest BCUT2D eigenvalue weighted by atomic mass is 10.1. The second-order valence-corrected chi connectivity index (χ2v) is 7.02. The molecule has 142 valence electrons. The molecule has 0 aliphatic heterocycles. The minimum atomic E-state index is -0.312. The van der Waals surface area contributed by atoms with E-state index >= 15 is 0 Å². The summed E-state index contributed by atoms with van der Waals surface area (Å²) in [5, 5.41) is 8.52. The van der Waals surface area contributed by atoms with Crippen molar-refractivity contribution in [1.29, 1.82) is 0 Å². The van der Waals surface area contributed by atoms with Gasteiger partial charge in [-0.2, -0.15) is 5.10 Å². The van der Waals surface area contributed by atoms with E-state index in [2.05, 4.69) is 10.4 Å². The van der Waals surface area contributed by atoms with Crippen LogP contribution in [0.15, 0.2) is 42.5 Å². The maximum Gasteiger partial charge on any atom is 0.224 e. The first-order chi connectivity index (χ1) is 13.4. The first kappa shape index (κ1) is 18.1. The molecule has 0 saturated carbocycles. The molecule has 1 N–H and O–H groups in total. The number of carbonyl (C=O) groups excluding carboxylic acids is 1. The summed E-state index contributed by atoms with van der Waals surface area (Å²) in [6.45, 7) is 5.74. The number of benzene rings is 2. The monoisotopic (exact) mass is 376 g/mol. The molecule has 0 unspecified atom stereocenters. The van der Waals surface area contributed by atoms with E-state index < -0.39 is 0 Å². The number of fused-ring (bicyclic) bond motifs is 3. The summed E-state index contributed by atoms with van der Waals surface area (Å²) in [4.78, 5) is 17.1. The zero-order valence-electron chi connectivity index (χ0n) is 16.1. The maximum atomic E-state index is 13.2. The first-order valence-electron chi connectivity index (χ1n) is 9.23. The molecule has 1 amide bonds. The molecule has 2 aromatic heterocycles. The molecule has 0 atom stereocenters. The Bertz CT molecular complexity index is 1210. The van der Waals surface area contributed by atoms with Crippen LogP contribution in [0, 0.1) is 26.6 Å². The van der Waals surface area contributed by atoms with Crippen molar-refractivity contribution in [2.24, 2.45) is 0 Å². The first-order valence-corrected chi connectivity index (χ1v) is 9.23. The van der Waals surface area contributed by atoms with Crippen LogP contribution in [0.1, 0.15) is 28.9 Å². The van der Waals surface area contributed by atoms with E-state index in [0.29, 0.717) is 24.1 Å². The molecule has 0 spiro atoms. The van der Waals surface area contributed by atoms with Gasteiger partial charge in [0, 0.05) is 28.9 Å². The van der Waals surface area contributed by atoms with Gasteiger partial charge in [0.1, 0.15) is 5.82 Å². The van der Waals surface area contributed by atoms with Crippen LogP contribution >= 0.6 is 0 Å². The standard InChI is InChI=1S/C22H21FN4O/c1-13-12-16(23)8-10-19(13)25-21(28)11-9-17-14(2)24-22-18-6-4-5-7-20(18)26-27(22)15(17)3/h4-8,10,12H,9,11H2,1-3H3,(H,25,28). The SMILES string of the molecule is Cc1cc(F)ccc1NC(=O)CCc1c(C)nc2c3ccccc3nn2c1C. The molecule has 0 aliphatic carbocycles. The summed E-state index contributed by atoms with van der Waals surface area (Å²) in [6.07, 6.45) is 0.870. The highest BCUT2D eigenvalue weighted by Gasteiger charge is 2.15. The number of halogens is 1. The van der Waals surface area contributed by atoms with Gasteiger partial charge in [-0.25, -0.2) is 13.9 Å². The van der Waals surface area contributed by atoms with Crippen LogP contribution in [0.3, 0.4) is 0 Å². The summed E-state index contributed by atoms with van der Waals surface area (Å²) < 4.78 is 15.1. The van der Waals surface area contributed by atoms with Gasteiger partial charge in [0.15, 0.2) is 5.65 Å². The smallest absolute Gasteiger partial charge is 0.224 e. The van der Waals surface area contributed by atoms with E-state index in [-0.39, 0.29) is 11.7 Å². The van der Waals surface area contributed by atoms with Crippen LogP contribution in [0.4, 0.5) is 10.1 Å². The van der Waals surface area contributed by atoms with Gasteiger partial charge in [-0.05, 0) is 68.7 Å². The molecule has 0 bridgehead atoms. The molecule has 28 heavy (non-hydrogen) atoms. The maximum absolute atomic E-state index is 13.2. The number of amides is 1. The number of anilines is 1. The molecule has 0 aliphatic rings. The fourth-order valence-electron chi connectivity index (χ4n) is 3.56. The molecule has 5 nitrogen and oxygen atoms in total. The van der Waals surface area contributed by atoms with Crippen molar-refractivity contribution in [3.63, 3.8) is 0 Å².